The highest BCUT2D eigenvalue weighted by Gasteiger charge is 2.21. The summed E-state index contributed by atoms with van der Waals surface area (Å²) in [7, 11) is -3.56. The van der Waals surface area contributed by atoms with Gasteiger partial charge < -0.3 is 5.11 Å². The van der Waals surface area contributed by atoms with Crippen LogP contribution in [-0.2, 0) is 21.2 Å². The lowest BCUT2D eigenvalue weighted by Crippen LogP contribution is -2.36. The molecule has 0 bridgehead atoms. The van der Waals surface area contributed by atoms with E-state index in [0.717, 1.165) is 12.1 Å². The number of rotatable bonds is 8. The first-order valence-electron chi connectivity index (χ1n) is 7.26. The third-order valence-electron chi connectivity index (χ3n) is 3.01. The Morgan fingerprint density at radius 3 is 2.27 bits per heavy atom. The van der Waals surface area contributed by atoms with E-state index in [0.29, 0.717) is 13.1 Å². The summed E-state index contributed by atoms with van der Waals surface area (Å²) < 4.78 is 23.5. The summed E-state index contributed by atoms with van der Waals surface area (Å²) in [6.07, 6.45) is 0. The van der Waals surface area contributed by atoms with Crippen LogP contribution >= 0.6 is 0 Å². The van der Waals surface area contributed by atoms with Gasteiger partial charge in [-0.1, -0.05) is 51.1 Å². The van der Waals surface area contributed by atoms with E-state index in [1.165, 1.54) is 0 Å². The van der Waals surface area contributed by atoms with E-state index < -0.39 is 21.6 Å². The fourth-order valence-electron chi connectivity index (χ4n) is 2.25. The van der Waals surface area contributed by atoms with Crippen molar-refractivity contribution in [1.82, 2.24) is 4.90 Å². The van der Waals surface area contributed by atoms with Crippen LogP contribution in [0.2, 0.25) is 0 Å². The molecule has 0 unspecified atom stereocenters. The number of aliphatic carboxylic acids is 1. The molecule has 0 saturated heterocycles. The summed E-state index contributed by atoms with van der Waals surface area (Å²) >= 11 is 0. The van der Waals surface area contributed by atoms with Gasteiger partial charge in [0.1, 0.15) is 5.75 Å². The zero-order valence-corrected chi connectivity index (χ0v) is 14.3. The van der Waals surface area contributed by atoms with Crippen LogP contribution < -0.4 is 0 Å². The predicted molar refractivity (Wildman–Crippen MR) is 87.5 cm³/mol. The Labute approximate surface area is 132 Å². The van der Waals surface area contributed by atoms with Gasteiger partial charge in [0.2, 0.25) is 0 Å². The Balaban J connectivity index is 2.72. The Kier molecular flexibility index (Phi) is 6.56. The minimum atomic E-state index is -3.56. The summed E-state index contributed by atoms with van der Waals surface area (Å²) in [5.74, 6) is -2.24. The molecule has 0 aliphatic heterocycles. The van der Waals surface area contributed by atoms with Gasteiger partial charge in [0.25, 0.3) is 0 Å². The topological polar surface area (TPSA) is 74.7 Å². The van der Waals surface area contributed by atoms with Crippen LogP contribution in [0.5, 0.6) is 0 Å². The van der Waals surface area contributed by atoms with Crippen LogP contribution in [0.15, 0.2) is 30.3 Å². The molecule has 0 aromatic heterocycles. The van der Waals surface area contributed by atoms with Crippen LogP contribution in [0.25, 0.3) is 0 Å². The van der Waals surface area contributed by atoms with Crippen molar-refractivity contribution in [2.45, 2.75) is 27.3 Å². The molecular weight excluding hydrogens is 302 g/mol. The molecule has 1 aromatic rings. The first-order chi connectivity index (χ1) is 10.1. The van der Waals surface area contributed by atoms with E-state index in [1.54, 1.807) is 0 Å². The molecule has 1 N–H and O–H groups in total. The number of carboxylic acids is 1. The molecule has 0 fully saturated rings. The minimum absolute atomic E-state index is 0.0331. The molecule has 0 spiro atoms. The molecule has 0 saturated carbocycles. The second-order valence-electron chi connectivity index (χ2n) is 6.74. The van der Waals surface area contributed by atoms with E-state index in [2.05, 4.69) is 25.7 Å². The normalized spacial score (nSPS) is 12.5. The largest absolute Gasteiger partial charge is 0.480 e. The van der Waals surface area contributed by atoms with Gasteiger partial charge in [-0.2, -0.15) is 0 Å². The second-order valence-corrected chi connectivity index (χ2v) is 8.93. The lowest BCUT2D eigenvalue weighted by atomic mass is 9.96. The number of nitrogens with zero attached hydrogens (tertiary/aromatic N) is 1. The number of carbonyl (C=O) groups is 1. The Hall–Kier alpha value is -1.40. The van der Waals surface area contributed by atoms with Gasteiger partial charge in [-0.25, -0.2) is 8.42 Å². The van der Waals surface area contributed by atoms with Crippen molar-refractivity contribution in [3.8, 4) is 0 Å². The van der Waals surface area contributed by atoms with Crippen LogP contribution in [0.1, 0.15) is 26.3 Å². The fraction of sp³-hybridized carbons (Fsp3) is 0.562. The standard InChI is InChI=1S/C16H25NO4S/c1-16(2,3)13-17(11-14-7-5-4-6-8-14)9-10-22(20,21)12-15(18)19/h4-8H,9-13H2,1-3H3,(H,18,19). The lowest BCUT2D eigenvalue weighted by Gasteiger charge is -2.30. The van der Waals surface area contributed by atoms with Crippen molar-refractivity contribution < 1.29 is 18.3 Å². The molecule has 124 valence electrons. The van der Waals surface area contributed by atoms with Gasteiger partial charge in [0.15, 0.2) is 9.84 Å². The molecule has 6 heteroatoms. The lowest BCUT2D eigenvalue weighted by molar-refractivity contribution is -0.134. The summed E-state index contributed by atoms with van der Waals surface area (Å²) in [6, 6.07) is 9.84. The predicted octanol–water partition coefficient (Wildman–Crippen LogP) is 2.03. The number of hydrogen-bond acceptors (Lipinski definition) is 4. The minimum Gasteiger partial charge on any atom is -0.480 e. The van der Waals surface area contributed by atoms with Crippen LogP contribution in [0.3, 0.4) is 0 Å². The molecule has 0 aliphatic rings. The van der Waals surface area contributed by atoms with Gasteiger partial charge in [0, 0.05) is 19.6 Å². The quantitative estimate of drug-likeness (QED) is 0.791. The maximum absolute atomic E-state index is 11.8. The average molecular weight is 327 g/mol. The molecule has 0 atom stereocenters. The Bertz CT molecular complexity index is 576. The number of carboxylic acid groups (broad SMARTS) is 1. The maximum atomic E-state index is 11.8. The van der Waals surface area contributed by atoms with Gasteiger partial charge in [0.05, 0.1) is 5.75 Å². The molecule has 22 heavy (non-hydrogen) atoms. The SMILES string of the molecule is CC(C)(C)CN(CCS(=O)(=O)CC(=O)O)Cc1ccccc1. The van der Waals surface area contributed by atoms with E-state index in [-0.39, 0.29) is 11.2 Å². The van der Waals surface area contributed by atoms with Crippen molar-refractivity contribution in [3.63, 3.8) is 0 Å². The van der Waals surface area contributed by atoms with E-state index >= 15 is 0 Å². The molecular formula is C16H25NO4S. The third kappa shape index (κ3) is 8.14. The van der Waals surface area contributed by atoms with Crippen molar-refractivity contribution in [3.05, 3.63) is 35.9 Å². The van der Waals surface area contributed by atoms with Crippen molar-refractivity contribution in [1.29, 1.82) is 0 Å². The molecule has 0 heterocycles. The molecule has 0 aliphatic carbocycles. The van der Waals surface area contributed by atoms with Crippen molar-refractivity contribution in [2.75, 3.05) is 24.6 Å². The maximum Gasteiger partial charge on any atom is 0.318 e. The highest BCUT2D eigenvalue weighted by molar-refractivity contribution is 7.92. The highest BCUT2D eigenvalue weighted by atomic mass is 32.2. The van der Waals surface area contributed by atoms with Gasteiger partial charge in [-0.3, -0.25) is 9.69 Å². The average Bonchev–Trinajstić information content (AvgIpc) is 2.34. The summed E-state index contributed by atoms with van der Waals surface area (Å²) in [4.78, 5) is 12.7. The zero-order chi connectivity index (χ0) is 16.8. The van der Waals surface area contributed by atoms with Gasteiger partial charge in [-0.05, 0) is 11.0 Å². The third-order valence-corrected chi connectivity index (χ3v) is 4.50. The monoisotopic (exact) mass is 327 g/mol. The Morgan fingerprint density at radius 2 is 1.77 bits per heavy atom. The van der Waals surface area contributed by atoms with E-state index in [4.69, 9.17) is 5.11 Å². The van der Waals surface area contributed by atoms with Crippen LogP contribution in [0, 0.1) is 5.41 Å². The summed E-state index contributed by atoms with van der Waals surface area (Å²) in [5, 5.41) is 8.64. The molecule has 0 amide bonds. The zero-order valence-electron chi connectivity index (χ0n) is 13.4. The summed E-state index contributed by atoms with van der Waals surface area (Å²) in [5.41, 5.74) is 1.15. The number of benzene rings is 1. The summed E-state index contributed by atoms with van der Waals surface area (Å²) in [6.45, 7) is 8.01. The highest BCUT2D eigenvalue weighted by Crippen LogP contribution is 2.17. The van der Waals surface area contributed by atoms with Crippen LogP contribution in [-0.4, -0.2) is 49.0 Å². The first kappa shape index (κ1) is 18.6. The first-order valence-corrected chi connectivity index (χ1v) is 9.08. The van der Waals surface area contributed by atoms with Gasteiger partial charge >= 0.3 is 5.97 Å². The number of sulfone groups is 1. The van der Waals surface area contributed by atoms with Crippen LogP contribution in [0.4, 0.5) is 0 Å². The smallest absolute Gasteiger partial charge is 0.318 e. The Morgan fingerprint density at radius 1 is 1.18 bits per heavy atom. The van der Waals surface area contributed by atoms with E-state index in [9.17, 15) is 13.2 Å². The number of hydrogen-bond donors (Lipinski definition) is 1. The van der Waals surface area contributed by atoms with Crippen molar-refractivity contribution >= 4 is 15.8 Å². The second kappa shape index (κ2) is 7.74. The van der Waals surface area contributed by atoms with Crippen molar-refractivity contribution in [2.24, 2.45) is 5.41 Å². The molecule has 0 radical (unpaired) electrons. The van der Waals surface area contributed by atoms with Gasteiger partial charge in [-0.15, -0.1) is 0 Å². The molecule has 5 nitrogen and oxygen atoms in total. The molecule has 1 rings (SSSR count). The van der Waals surface area contributed by atoms with E-state index in [1.807, 2.05) is 30.3 Å². The fourth-order valence-corrected chi connectivity index (χ4v) is 3.31. The molecule has 1 aromatic carbocycles.